The highest BCUT2D eigenvalue weighted by Crippen LogP contribution is 2.31. The zero-order valence-electron chi connectivity index (χ0n) is 20.8. The van der Waals surface area contributed by atoms with E-state index >= 15 is 0 Å². The lowest BCUT2D eigenvalue weighted by Gasteiger charge is -2.34. The zero-order valence-corrected chi connectivity index (χ0v) is 20.8. The second-order valence-corrected chi connectivity index (χ2v) is 10.1. The molecule has 1 saturated carbocycles. The third kappa shape index (κ3) is 6.58. The summed E-state index contributed by atoms with van der Waals surface area (Å²) >= 11 is 0. The Morgan fingerprint density at radius 1 is 1.26 bits per heavy atom. The van der Waals surface area contributed by atoms with Gasteiger partial charge in [-0.15, -0.1) is 0 Å². The van der Waals surface area contributed by atoms with Crippen LogP contribution in [0.2, 0.25) is 0 Å². The molecule has 8 heteroatoms. The van der Waals surface area contributed by atoms with Gasteiger partial charge in [0.1, 0.15) is 11.9 Å². The average Bonchev–Trinajstić information content (AvgIpc) is 3.66. The quantitative estimate of drug-likeness (QED) is 0.603. The molecule has 2 N–H and O–H groups in total. The van der Waals surface area contributed by atoms with Crippen molar-refractivity contribution in [3.63, 3.8) is 0 Å². The molecule has 0 saturated heterocycles. The molecule has 1 aromatic carbocycles. The number of amides is 2. The number of nitrogens with one attached hydrogen (secondary N) is 1. The van der Waals surface area contributed by atoms with Crippen molar-refractivity contribution in [2.45, 2.75) is 45.3 Å². The van der Waals surface area contributed by atoms with Crippen LogP contribution in [0.4, 0.5) is 5.69 Å². The molecule has 0 bridgehead atoms. The van der Waals surface area contributed by atoms with Gasteiger partial charge in [-0.2, -0.15) is 0 Å². The van der Waals surface area contributed by atoms with Crippen LogP contribution in [0.25, 0.3) is 0 Å². The monoisotopic (exact) mass is 480 g/mol. The van der Waals surface area contributed by atoms with Gasteiger partial charge in [-0.05, 0) is 63.1 Å². The summed E-state index contributed by atoms with van der Waals surface area (Å²) in [5.74, 6) is 1.21. The van der Waals surface area contributed by atoms with Crippen LogP contribution in [-0.2, 0) is 11.2 Å². The van der Waals surface area contributed by atoms with E-state index in [1.165, 1.54) is 12.8 Å². The number of benzene rings is 1. The lowest BCUT2D eigenvalue weighted by atomic mass is 10.0. The van der Waals surface area contributed by atoms with Gasteiger partial charge in [-0.1, -0.05) is 6.92 Å². The number of ether oxygens (including phenoxy) is 1. The highest BCUT2D eigenvalue weighted by Gasteiger charge is 2.32. The summed E-state index contributed by atoms with van der Waals surface area (Å²) in [4.78, 5) is 34.0. The highest BCUT2D eigenvalue weighted by atomic mass is 16.5. The summed E-state index contributed by atoms with van der Waals surface area (Å²) in [6.07, 6.45) is 5.75. The molecule has 35 heavy (non-hydrogen) atoms. The largest absolute Gasteiger partial charge is 0.488 e. The minimum absolute atomic E-state index is 0.0622. The topological polar surface area (TPSA) is 95.0 Å². The fourth-order valence-electron chi connectivity index (χ4n) is 4.55. The van der Waals surface area contributed by atoms with Crippen molar-refractivity contribution in [3.05, 3.63) is 53.9 Å². The first-order chi connectivity index (χ1) is 16.8. The van der Waals surface area contributed by atoms with Crippen LogP contribution in [0.1, 0.15) is 42.6 Å². The number of fused-ring (bicyclic) bond motifs is 1. The number of nitrogens with zero attached hydrogens (tertiary/aromatic N) is 3. The normalized spacial score (nSPS) is 21.4. The molecular formula is C27H36N4O4. The van der Waals surface area contributed by atoms with Crippen LogP contribution in [0.3, 0.4) is 0 Å². The predicted molar refractivity (Wildman–Crippen MR) is 134 cm³/mol. The summed E-state index contributed by atoms with van der Waals surface area (Å²) in [5.41, 5.74) is 1.83. The van der Waals surface area contributed by atoms with E-state index in [0.29, 0.717) is 23.5 Å². The van der Waals surface area contributed by atoms with Crippen molar-refractivity contribution in [2.24, 2.45) is 11.8 Å². The molecule has 188 valence electrons. The maximum Gasteiger partial charge on any atom is 0.255 e. The van der Waals surface area contributed by atoms with Gasteiger partial charge >= 0.3 is 0 Å². The van der Waals surface area contributed by atoms with Crippen molar-refractivity contribution in [1.29, 1.82) is 0 Å². The van der Waals surface area contributed by atoms with Gasteiger partial charge < -0.3 is 25.0 Å². The van der Waals surface area contributed by atoms with Crippen molar-refractivity contribution >= 4 is 17.5 Å². The molecule has 1 aromatic heterocycles. The second kappa shape index (κ2) is 11.2. The summed E-state index contributed by atoms with van der Waals surface area (Å²) in [5, 5.41) is 12.7. The standard InChI is InChI=1S/C27H36N4O4/c1-18-14-31(19(2)17-32)26(33)13-22-12-23(29-27(34)21-8-10-28-11-9-21)6-7-24(22)35-25(18)16-30(3)15-20-4-5-20/h6-12,18-20,25,32H,4-5,13-17H2,1-3H3,(H,29,34)/t18-,19-,25+/m1/s1. The average molecular weight is 481 g/mol. The van der Waals surface area contributed by atoms with E-state index in [1.54, 1.807) is 29.4 Å². The Bertz CT molecular complexity index is 1030. The van der Waals surface area contributed by atoms with E-state index in [9.17, 15) is 14.7 Å². The maximum atomic E-state index is 13.3. The minimum atomic E-state index is -0.286. The molecule has 1 fully saturated rings. The Balaban J connectivity index is 1.60. The molecule has 1 aliphatic heterocycles. The van der Waals surface area contributed by atoms with E-state index in [1.807, 2.05) is 25.1 Å². The number of pyridine rings is 1. The number of hydrogen-bond acceptors (Lipinski definition) is 6. The summed E-state index contributed by atoms with van der Waals surface area (Å²) in [6, 6.07) is 8.48. The molecule has 8 nitrogen and oxygen atoms in total. The van der Waals surface area contributed by atoms with Crippen molar-refractivity contribution < 1.29 is 19.4 Å². The van der Waals surface area contributed by atoms with Crippen molar-refractivity contribution in [3.8, 4) is 5.75 Å². The summed E-state index contributed by atoms with van der Waals surface area (Å²) < 4.78 is 6.55. The van der Waals surface area contributed by atoms with Gasteiger partial charge in [0.25, 0.3) is 5.91 Å². The van der Waals surface area contributed by atoms with Crippen LogP contribution >= 0.6 is 0 Å². The Labute approximate surface area is 207 Å². The van der Waals surface area contributed by atoms with Crippen LogP contribution < -0.4 is 10.1 Å². The van der Waals surface area contributed by atoms with Crippen molar-refractivity contribution in [2.75, 3.05) is 38.6 Å². The third-order valence-corrected chi connectivity index (χ3v) is 6.88. The molecule has 0 unspecified atom stereocenters. The fourth-order valence-corrected chi connectivity index (χ4v) is 4.55. The van der Waals surface area contributed by atoms with Gasteiger partial charge in [0, 0.05) is 54.8 Å². The van der Waals surface area contributed by atoms with Gasteiger partial charge in [0.05, 0.1) is 19.1 Å². The smallest absolute Gasteiger partial charge is 0.255 e. The number of carbonyl (C=O) groups excluding carboxylic acids is 2. The van der Waals surface area contributed by atoms with E-state index in [0.717, 1.165) is 24.6 Å². The Morgan fingerprint density at radius 3 is 2.69 bits per heavy atom. The van der Waals surface area contributed by atoms with Gasteiger partial charge in [-0.3, -0.25) is 14.6 Å². The number of likely N-dealkylation sites (N-methyl/N-ethyl adjacent to an activating group) is 1. The number of anilines is 1. The van der Waals surface area contributed by atoms with Gasteiger partial charge in [0.15, 0.2) is 0 Å². The number of hydrogen-bond donors (Lipinski definition) is 2. The van der Waals surface area contributed by atoms with Crippen molar-refractivity contribution in [1.82, 2.24) is 14.8 Å². The molecule has 3 atom stereocenters. The van der Waals surface area contributed by atoms with Gasteiger partial charge in [0.2, 0.25) is 5.91 Å². The molecular weight excluding hydrogens is 444 g/mol. The molecule has 2 amide bonds. The molecule has 2 aromatic rings. The fraction of sp³-hybridized carbons (Fsp3) is 0.519. The summed E-state index contributed by atoms with van der Waals surface area (Å²) in [7, 11) is 2.12. The third-order valence-electron chi connectivity index (χ3n) is 6.88. The maximum absolute atomic E-state index is 13.3. The molecule has 0 spiro atoms. The van der Waals surface area contributed by atoms with E-state index in [-0.39, 0.29) is 42.9 Å². The number of carbonyl (C=O) groups is 2. The Morgan fingerprint density at radius 2 is 2.00 bits per heavy atom. The molecule has 1 aliphatic carbocycles. The van der Waals surface area contributed by atoms with Crippen LogP contribution in [0, 0.1) is 11.8 Å². The predicted octanol–water partition coefficient (Wildman–Crippen LogP) is 2.82. The lowest BCUT2D eigenvalue weighted by Crippen LogP contribution is -2.47. The molecule has 2 heterocycles. The second-order valence-electron chi connectivity index (χ2n) is 10.1. The van der Waals surface area contributed by atoms with Crippen LogP contribution in [-0.4, -0.2) is 77.1 Å². The number of aromatic nitrogens is 1. The highest BCUT2D eigenvalue weighted by molar-refractivity contribution is 6.04. The molecule has 4 rings (SSSR count). The number of aliphatic hydroxyl groups excluding tert-OH is 1. The lowest BCUT2D eigenvalue weighted by molar-refractivity contribution is -0.134. The first-order valence-corrected chi connectivity index (χ1v) is 12.4. The Hall–Kier alpha value is -2.97. The number of aliphatic hydroxyl groups is 1. The van der Waals surface area contributed by atoms with Crippen LogP contribution in [0.15, 0.2) is 42.7 Å². The Kier molecular flexibility index (Phi) is 8.03. The minimum Gasteiger partial charge on any atom is -0.488 e. The first-order valence-electron chi connectivity index (χ1n) is 12.4. The molecule has 0 radical (unpaired) electrons. The zero-order chi connectivity index (χ0) is 24.9. The van der Waals surface area contributed by atoms with Crippen LogP contribution in [0.5, 0.6) is 5.75 Å². The molecule has 2 aliphatic rings. The van der Waals surface area contributed by atoms with E-state index in [4.69, 9.17) is 4.74 Å². The number of rotatable bonds is 8. The van der Waals surface area contributed by atoms with E-state index in [2.05, 4.69) is 29.2 Å². The summed E-state index contributed by atoms with van der Waals surface area (Å²) in [6.45, 7) is 6.20. The first kappa shape index (κ1) is 25.1. The van der Waals surface area contributed by atoms with E-state index < -0.39 is 0 Å². The SMILES string of the molecule is C[C@@H]1CN([C@H](C)CO)C(=O)Cc2cc(NC(=O)c3ccncc3)ccc2O[C@H]1CN(C)CC1CC1. The van der Waals surface area contributed by atoms with Gasteiger partial charge in [-0.25, -0.2) is 0 Å².